The van der Waals surface area contributed by atoms with Crippen molar-refractivity contribution < 1.29 is 4.79 Å². The third-order valence-corrected chi connectivity index (χ3v) is 3.42. The first-order chi connectivity index (χ1) is 9.31. The zero-order chi connectivity index (χ0) is 13.1. The summed E-state index contributed by atoms with van der Waals surface area (Å²) in [5, 5.41) is 6.35. The maximum atomic E-state index is 12.0. The summed E-state index contributed by atoms with van der Waals surface area (Å²) in [5.74, 6) is 0.0529. The predicted molar refractivity (Wildman–Crippen MR) is 72.9 cm³/mol. The van der Waals surface area contributed by atoms with Crippen LogP contribution in [0.4, 0.5) is 0 Å². The van der Waals surface area contributed by atoms with E-state index in [1.165, 1.54) is 0 Å². The normalized spacial score (nSPS) is 19.5. The number of piperidine rings is 1. The van der Waals surface area contributed by atoms with Crippen molar-refractivity contribution >= 4 is 11.6 Å². The summed E-state index contributed by atoms with van der Waals surface area (Å²) in [7, 11) is 0. The van der Waals surface area contributed by atoms with Gasteiger partial charge in [0.15, 0.2) is 0 Å². The lowest BCUT2D eigenvalue weighted by Gasteiger charge is -2.23. The van der Waals surface area contributed by atoms with Gasteiger partial charge in [-0.2, -0.15) is 0 Å². The lowest BCUT2D eigenvalue weighted by Crippen LogP contribution is -2.46. The second kappa shape index (κ2) is 5.40. The van der Waals surface area contributed by atoms with Crippen LogP contribution in [0.1, 0.15) is 18.5 Å². The van der Waals surface area contributed by atoms with E-state index in [9.17, 15) is 4.79 Å². The Hall–Kier alpha value is -1.88. The minimum absolute atomic E-state index is 0.0529. The number of amides is 1. The fourth-order valence-electron chi connectivity index (χ4n) is 2.49. The van der Waals surface area contributed by atoms with Gasteiger partial charge in [0.2, 0.25) is 5.91 Å². The average molecular weight is 258 g/mol. The topological polar surface area (TPSA) is 58.4 Å². The first-order valence-corrected chi connectivity index (χ1v) is 6.74. The SMILES string of the molecule is O=C(Cc1cn2ccccc2n1)N[C@H]1CCCNC1. The van der Waals surface area contributed by atoms with E-state index in [2.05, 4.69) is 15.6 Å². The number of imidazole rings is 1. The molecule has 2 aromatic heterocycles. The summed E-state index contributed by atoms with van der Waals surface area (Å²) in [6, 6.07) is 6.09. The molecule has 100 valence electrons. The predicted octanol–water partition coefficient (Wildman–Crippen LogP) is 0.745. The van der Waals surface area contributed by atoms with Crippen LogP contribution in [0.15, 0.2) is 30.6 Å². The van der Waals surface area contributed by atoms with E-state index in [1.54, 1.807) is 0 Å². The zero-order valence-electron chi connectivity index (χ0n) is 10.8. The molecule has 1 aliphatic rings. The fourth-order valence-corrected chi connectivity index (χ4v) is 2.49. The number of rotatable bonds is 3. The van der Waals surface area contributed by atoms with Crippen molar-refractivity contribution in [2.24, 2.45) is 0 Å². The molecule has 0 saturated carbocycles. The monoisotopic (exact) mass is 258 g/mol. The molecule has 2 aromatic rings. The highest BCUT2D eigenvalue weighted by Gasteiger charge is 2.16. The molecule has 5 nitrogen and oxygen atoms in total. The van der Waals surface area contributed by atoms with Gasteiger partial charge in [0.25, 0.3) is 0 Å². The number of aromatic nitrogens is 2. The summed E-state index contributed by atoms with van der Waals surface area (Å²) >= 11 is 0. The quantitative estimate of drug-likeness (QED) is 0.854. The van der Waals surface area contributed by atoms with Gasteiger partial charge in [0.1, 0.15) is 5.65 Å². The second-order valence-electron chi connectivity index (χ2n) is 4.99. The van der Waals surface area contributed by atoms with Gasteiger partial charge < -0.3 is 15.0 Å². The number of fused-ring (bicyclic) bond motifs is 1. The summed E-state index contributed by atoms with van der Waals surface area (Å²) in [5.41, 5.74) is 1.69. The second-order valence-corrected chi connectivity index (χ2v) is 4.99. The van der Waals surface area contributed by atoms with Crippen molar-refractivity contribution in [1.29, 1.82) is 0 Å². The lowest BCUT2D eigenvalue weighted by molar-refractivity contribution is -0.121. The highest BCUT2D eigenvalue weighted by Crippen LogP contribution is 2.06. The third-order valence-electron chi connectivity index (χ3n) is 3.42. The van der Waals surface area contributed by atoms with Crippen LogP contribution in [0.3, 0.4) is 0 Å². The van der Waals surface area contributed by atoms with E-state index in [1.807, 2.05) is 35.0 Å². The molecule has 0 bridgehead atoms. The molecular weight excluding hydrogens is 240 g/mol. The molecule has 5 heteroatoms. The van der Waals surface area contributed by atoms with Gasteiger partial charge >= 0.3 is 0 Å². The summed E-state index contributed by atoms with van der Waals surface area (Å²) < 4.78 is 1.94. The number of carbonyl (C=O) groups excluding carboxylic acids is 1. The molecule has 0 radical (unpaired) electrons. The molecule has 1 atom stereocenters. The molecule has 0 spiro atoms. The number of carbonyl (C=O) groups is 1. The van der Waals surface area contributed by atoms with Crippen molar-refractivity contribution in [3.8, 4) is 0 Å². The van der Waals surface area contributed by atoms with E-state index in [0.29, 0.717) is 6.42 Å². The Morgan fingerprint density at radius 3 is 3.26 bits per heavy atom. The maximum absolute atomic E-state index is 12.0. The highest BCUT2D eigenvalue weighted by molar-refractivity contribution is 5.78. The van der Waals surface area contributed by atoms with Gasteiger partial charge in [0, 0.05) is 25.0 Å². The molecule has 1 aliphatic heterocycles. The van der Waals surface area contributed by atoms with Crippen molar-refractivity contribution in [1.82, 2.24) is 20.0 Å². The average Bonchev–Trinajstić information content (AvgIpc) is 2.81. The molecule has 0 aliphatic carbocycles. The van der Waals surface area contributed by atoms with Crippen molar-refractivity contribution in [2.75, 3.05) is 13.1 Å². The van der Waals surface area contributed by atoms with E-state index < -0.39 is 0 Å². The van der Waals surface area contributed by atoms with Gasteiger partial charge in [-0.15, -0.1) is 0 Å². The molecular formula is C14H18N4O. The molecule has 0 aromatic carbocycles. The molecule has 1 saturated heterocycles. The number of hydrogen-bond donors (Lipinski definition) is 2. The minimum Gasteiger partial charge on any atom is -0.352 e. The Balaban J connectivity index is 1.62. The van der Waals surface area contributed by atoms with Crippen LogP contribution in [-0.4, -0.2) is 34.4 Å². The number of nitrogens with zero attached hydrogens (tertiary/aromatic N) is 2. The van der Waals surface area contributed by atoms with Crippen LogP contribution in [0, 0.1) is 0 Å². The van der Waals surface area contributed by atoms with Crippen LogP contribution < -0.4 is 10.6 Å². The molecule has 0 unspecified atom stereocenters. The van der Waals surface area contributed by atoms with Gasteiger partial charge in [-0.3, -0.25) is 4.79 Å². The Bertz CT molecular complexity index is 539. The van der Waals surface area contributed by atoms with Crippen LogP contribution in [0.2, 0.25) is 0 Å². The number of pyridine rings is 1. The Kier molecular flexibility index (Phi) is 3.46. The molecule has 3 heterocycles. The Morgan fingerprint density at radius 1 is 1.53 bits per heavy atom. The number of hydrogen-bond acceptors (Lipinski definition) is 3. The Labute approximate surface area is 112 Å². The zero-order valence-corrected chi connectivity index (χ0v) is 10.8. The fraction of sp³-hybridized carbons (Fsp3) is 0.429. The summed E-state index contributed by atoms with van der Waals surface area (Å²) in [6.07, 6.45) is 6.38. The number of nitrogens with one attached hydrogen (secondary N) is 2. The van der Waals surface area contributed by atoms with E-state index >= 15 is 0 Å². The lowest BCUT2D eigenvalue weighted by atomic mass is 10.1. The Morgan fingerprint density at radius 2 is 2.47 bits per heavy atom. The van der Waals surface area contributed by atoms with Crippen molar-refractivity contribution in [2.45, 2.75) is 25.3 Å². The largest absolute Gasteiger partial charge is 0.352 e. The van der Waals surface area contributed by atoms with Crippen LogP contribution in [-0.2, 0) is 11.2 Å². The van der Waals surface area contributed by atoms with Gasteiger partial charge in [0.05, 0.1) is 12.1 Å². The molecule has 19 heavy (non-hydrogen) atoms. The van der Waals surface area contributed by atoms with Crippen LogP contribution >= 0.6 is 0 Å². The van der Waals surface area contributed by atoms with Crippen molar-refractivity contribution in [3.05, 3.63) is 36.3 Å². The van der Waals surface area contributed by atoms with E-state index in [4.69, 9.17) is 0 Å². The van der Waals surface area contributed by atoms with Crippen molar-refractivity contribution in [3.63, 3.8) is 0 Å². The highest BCUT2D eigenvalue weighted by atomic mass is 16.1. The first kappa shape index (κ1) is 12.2. The molecule has 1 fully saturated rings. The maximum Gasteiger partial charge on any atom is 0.226 e. The van der Waals surface area contributed by atoms with E-state index in [-0.39, 0.29) is 11.9 Å². The van der Waals surface area contributed by atoms with Gasteiger partial charge in [-0.25, -0.2) is 4.98 Å². The summed E-state index contributed by atoms with van der Waals surface area (Å²) in [6.45, 7) is 1.93. The molecule has 2 N–H and O–H groups in total. The molecule has 3 rings (SSSR count). The van der Waals surface area contributed by atoms with Gasteiger partial charge in [-0.05, 0) is 31.5 Å². The van der Waals surface area contributed by atoms with Gasteiger partial charge in [-0.1, -0.05) is 6.07 Å². The first-order valence-electron chi connectivity index (χ1n) is 6.74. The summed E-state index contributed by atoms with van der Waals surface area (Å²) in [4.78, 5) is 16.4. The third kappa shape index (κ3) is 2.93. The van der Waals surface area contributed by atoms with Crippen LogP contribution in [0.25, 0.3) is 5.65 Å². The van der Waals surface area contributed by atoms with E-state index in [0.717, 1.165) is 37.3 Å². The molecule has 1 amide bonds. The standard InChI is InChI=1S/C14H18N4O/c19-14(17-11-4-3-6-15-9-11)8-12-10-18-7-2-1-5-13(18)16-12/h1-2,5,7,10-11,15H,3-4,6,8-9H2,(H,17,19)/t11-/m0/s1. The smallest absolute Gasteiger partial charge is 0.226 e. The van der Waals surface area contributed by atoms with Crippen LogP contribution in [0.5, 0.6) is 0 Å². The minimum atomic E-state index is 0.0529.